The first-order valence-corrected chi connectivity index (χ1v) is 7.26. The van der Waals surface area contributed by atoms with E-state index < -0.39 is 5.97 Å². The molecular formula is C16H19NO3. The van der Waals surface area contributed by atoms with Crippen molar-refractivity contribution >= 4 is 11.9 Å². The van der Waals surface area contributed by atoms with Gasteiger partial charge in [-0.1, -0.05) is 24.3 Å². The zero-order valence-corrected chi connectivity index (χ0v) is 11.3. The highest BCUT2D eigenvalue weighted by Gasteiger charge is 2.56. The fourth-order valence-electron chi connectivity index (χ4n) is 3.37. The van der Waals surface area contributed by atoms with Crippen LogP contribution >= 0.6 is 0 Å². The number of rotatable bonds is 6. The van der Waals surface area contributed by atoms with E-state index in [1.807, 2.05) is 0 Å². The summed E-state index contributed by atoms with van der Waals surface area (Å²) in [7, 11) is 0. The molecule has 0 heterocycles. The summed E-state index contributed by atoms with van der Waals surface area (Å²) in [6.45, 7) is 0. The lowest BCUT2D eigenvalue weighted by Crippen LogP contribution is -2.28. The van der Waals surface area contributed by atoms with E-state index in [1.54, 1.807) is 0 Å². The van der Waals surface area contributed by atoms with Gasteiger partial charge in [0.15, 0.2) is 0 Å². The van der Waals surface area contributed by atoms with Gasteiger partial charge in [-0.05, 0) is 36.3 Å². The minimum absolute atomic E-state index is 0.0623. The standard InChI is InChI=1S/C16H19NO3/c18-13(7-3-4-8-14(19)20)17-16-12-9-10-5-1-2-6-11(10)15(12)16/h1-2,5-6,12,15-16H,3-4,7-9H2,(H,17,18)(H,19,20). The molecular weight excluding hydrogens is 254 g/mol. The number of hydrogen-bond acceptors (Lipinski definition) is 2. The molecule has 3 rings (SSSR count). The van der Waals surface area contributed by atoms with Crippen molar-refractivity contribution in [1.29, 1.82) is 0 Å². The van der Waals surface area contributed by atoms with E-state index in [0.717, 1.165) is 6.42 Å². The molecule has 1 fully saturated rings. The molecule has 4 heteroatoms. The molecule has 1 saturated carbocycles. The van der Waals surface area contributed by atoms with E-state index in [0.29, 0.717) is 37.1 Å². The smallest absolute Gasteiger partial charge is 0.303 e. The van der Waals surface area contributed by atoms with Gasteiger partial charge in [0, 0.05) is 24.8 Å². The van der Waals surface area contributed by atoms with Gasteiger partial charge in [0.25, 0.3) is 0 Å². The minimum Gasteiger partial charge on any atom is -0.481 e. The molecule has 0 saturated heterocycles. The van der Waals surface area contributed by atoms with Crippen LogP contribution < -0.4 is 5.32 Å². The van der Waals surface area contributed by atoms with Crippen LogP contribution in [0.2, 0.25) is 0 Å². The molecule has 1 aromatic carbocycles. The predicted molar refractivity (Wildman–Crippen MR) is 74.4 cm³/mol. The number of carbonyl (C=O) groups excluding carboxylic acids is 1. The van der Waals surface area contributed by atoms with E-state index in [4.69, 9.17) is 5.11 Å². The summed E-state index contributed by atoms with van der Waals surface area (Å²) in [6.07, 6.45) is 2.88. The number of carbonyl (C=O) groups is 2. The number of nitrogens with one attached hydrogen (secondary N) is 1. The highest BCUT2D eigenvalue weighted by molar-refractivity contribution is 5.77. The minimum atomic E-state index is -0.793. The first kappa shape index (κ1) is 13.2. The lowest BCUT2D eigenvalue weighted by atomic mass is 10.1. The van der Waals surface area contributed by atoms with Gasteiger partial charge in [0.2, 0.25) is 5.91 Å². The molecule has 20 heavy (non-hydrogen) atoms. The van der Waals surface area contributed by atoms with Crippen LogP contribution in [0.4, 0.5) is 0 Å². The molecule has 0 aromatic heterocycles. The van der Waals surface area contributed by atoms with Gasteiger partial charge in [-0.2, -0.15) is 0 Å². The van der Waals surface area contributed by atoms with Gasteiger partial charge in [-0.3, -0.25) is 9.59 Å². The van der Waals surface area contributed by atoms with Crippen molar-refractivity contribution < 1.29 is 14.7 Å². The van der Waals surface area contributed by atoms with E-state index in [9.17, 15) is 9.59 Å². The third-order valence-electron chi connectivity index (χ3n) is 4.41. The van der Waals surface area contributed by atoms with E-state index in [-0.39, 0.29) is 12.3 Å². The summed E-state index contributed by atoms with van der Waals surface area (Å²) < 4.78 is 0. The van der Waals surface area contributed by atoms with Crippen LogP contribution in [0.5, 0.6) is 0 Å². The van der Waals surface area contributed by atoms with Gasteiger partial charge >= 0.3 is 5.97 Å². The van der Waals surface area contributed by atoms with E-state index >= 15 is 0 Å². The molecule has 2 N–H and O–H groups in total. The Labute approximate surface area is 118 Å². The normalized spacial score (nSPS) is 25.7. The van der Waals surface area contributed by atoms with Crippen LogP contribution in [0.25, 0.3) is 0 Å². The largest absolute Gasteiger partial charge is 0.481 e. The van der Waals surface area contributed by atoms with Crippen molar-refractivity contribution in [2.45, 2.75) is 44.1 Å². The van der Waals surface area contributed by atoms with Crippen LogP contribution in [0, 0.1) is 5.92 Å². The highest BCUT2D eigenvalue weighted by atomic mass is 16.4. The number of amides is 1. The Balaban J connectivity index is 1.43. The second-order valence-electron chi connectivity index (χ2n) is 5.79. The second-order valence-corrected chi connectivity index (χ2v) is 5.79. The fraction of sp³-hybridized carbons (Fsp3) is 0.500. The maximum Gasteiger partial charge on any atom is 0.303 e. The summed E-state index contributed by atoms with van der Waals surface area (Å²) in [5.41, 5.74) is 2.82. The second kappa shape index (κ2) is 5.27. The SMILES string of the molecule is O=C(O)CCCCC(=O)NC1C2Cc3ccccc3C21. The van der Waals surface area contributed by atoms with E-state index in [2.05, 4.69) is 29.6 Å². The zero-order valence-electron chi connectivity index (χ0n) is 11.3. The molecule has 1 aromatic rings. The molecule has 106 valence electrons. The summed E-state index contributed by atoms with van der Waals surface area (Å²) in [4.78, 5) is 22.2. The number of aliphatic carboxylic acids is 1. The number of carboxylic acids is 1. The number of benzene rings is 1. The van der Waals surface area contributed by atoms with Gasteiger partial charge < -0.3 is 10.4 Å². The maximum atomic E-state index is 11.8. The Morgan fingerprint density at radius 3 is 2.75 bits per heavy atom. The topological polar surface area (TPSA) is 66.4 Å². The molecule has 0 spiro atoms. The van der Waals surface area contributed by atoms with Crippen LogP contribution in [-0.4, -0.2) is 23.0 Å². The van der Waals surface area contributed by atoms with Crippen molar-refractivity contribution in [1.82, 2.24) is 5.32 Å². The fourth-order valence-corrected chi connectivity index (χ4v) is 3.37. The molecule has 0 aliphatic heterocycles. The van der Waals surface area contributed by atoms with Crippen molar-refractivity contribution in [3.05, 3.63) is 35.4 Å². The Kier molecular flexibility index (Phi) is 3.47. The van der Waals surface area contributed by atoms with Crippen LogP contribution in [0.3, 0.4) is 0 Å². The summed E-state index contributed by atoms with van der Waals surface area (Å²) in [6, 6.07) is 8.77. The Hall–Kier alpha value is -1.84. The number of hydrogen-bond donors (Lipinski definition) is 2. The monoisotopic (exact) mass is 273 g/mol. The molecule has 2 aliphatic carbocycles. The lowest BCUT2D eigenvalue weighted by Gasteiger charge is -2.09. The van der Waals surface area contributed by atoms with Gasteiger partial charge in [-0.15, -0.1) is 0 Å². The molecule has 2 aliphatic rings. The maximum absolute atomic E-state index is 11.8. The summed E-state index contributed by atoms with van der Waals surface area (Å²) >= 11 is 0. The number of fused-ring (bicyclic) bond motifs is 3. The molecule has 3 atom stereocenters. The zero-order chi connectivity index (χ0) is 14.1. The highest BCUT2D eigenvalue weighted by Crippen LogP contribution is 2.56. The van der Waals surface area contributed by atoms with Crippen LogP contribution in [0.1, 0.15) is 42.7 Å². The summed E-state index contributed by atoms with van der Waals surface area (Å²) in [5, 5.41) is 11.6. The van der Waals surface area contributed by atoms with Crippen LogP contribution in [0.15, 0.2) is 24.3 Å². The van der Waals surface area contributed by atoms with Crippen molar-refractivity contribution in [2.75, 3.05) is 0 Å². The first-order valence-electron chi connectivity index (χ1n) is 7.26. The summed E-state index contributed by atoms with van der Waals surface area (Å²) in [5.74, 6) is 0.357. The molecule has 1 amide bonds. The molecule has 3 unspecified atom stereocenters. The Morgan fingerprint density at radius 1 is 1.20 bits per heavy atom. The number of carboxylic acid groups (broad SMARTS) is 1. The van der Waals surface area contributed by atoms with Gasteiger partial charge in [0.05, 0.1) is 0 Å². The van der Waals surface area contributed by atoms with Gasteiger partial charge in [0.1, 0.15) is 0 Å². The third kappa shape index (κ3) is 2.55. The Morgan fingerprint density at radius 2 is 1.95 bits per heavy atom. The lowest BCUT2D eigenvalue weighted by molar-refractivity contribution is -0.137. The van der Waals surface area contributed by atoms with Crippen molar-refractivity contribution in [3.8, 4) is 0 Å². The quantitative estimate of drug-likeness (QED) is 0.780. The average Bonchev–Trinajstić information content (AvgIpc) is 2.93. The average molecular weight is 273 g/mol. The molecule has 0 bridgehead atoms. The Bertz CT molecular complexity index is 540. The third-order valence-corrected chi connectivity index (χ3v) is 4.41. The van der Waals surface area contributed by atoms with Gasteiger partial charge in [-0.25, -0.2) is 0 Å². The number of unbranched alkanes of at least 4 members (excludes halogenated alkanes) is 1. The van der Waals surface area contributed by atoms with Crippen molar-refractivity contribution in [3.63, 3.8) is 0 Å². The van der Waals surface area contributed by atoms with Crippen LogP contribution in [-0.2, 0) is 16.0 Å². The molecule has 0 radical (unpaired) electrons. The predicted octanol–water partition coefficient (Wildman–Crippen LogP) is 2.09. The van der Waals surface area contributed by atoms with Crippen molar-refractivity contribution in [2.24, 2.45) is 5.92 Å². The van der Waals surface area contributed by atoms with E-state index in [1.165, 1.54) is 11.1 Å². The first-order chi connectivity index (χ1) is 9.66. The molecule has 4 nitrogen and oxygen atoms in total.